The van der Waals surface area contributed by atoms with Gasteiger partial charge in [0.1, 0.15) is 5.82 Å². The Bertz CT molecular complexity index is 585. The van der Waals surface area contributed by atoms with E-state index in [-0.39, 0.29) is 5.02 Å². The molecule has 0 bridgehead atoms. The van der Waals surface area contributed by atoms with Crippen LogP contribution in [0, 0.1) is 0 Å². The van der Waals surface area contributed by atoms with Crippen molar-refractivity contribution in [2.24, 2.45) is 0 Å². The second-order valence-electron chi connectivity index (χ2n) is 3.66. The van der Waals surface area contributed by atoms with Gasteiger partial charge in [-0.25, -0.2) is 4.98 Å². The first-order valence-corrected chi connectivity index (χ1v) is 6.32. The second-order valence-corrected chi connectivity index (χ2v) is 5.21. The molecule has 0 atom stereocenters. The Morgan fingerprint density at radius 1 is 1.11 bits per heavy atom. The van der Waals surface area contributed by atoms with Gasteiger partial charge in [-0.1, -0.05) is 23.4 Å². The topological polar surface area (TPSA) is 38.9 Å². The van der Waals surface area contributed by atoms with Crippen LogP contribution in [0.25, 0.3) is 0 Å². The van der Waals surface area contributed by atoms with Crippen molar-refractivity contribution in [1.82, 2.24) is 4.98 Å². The maximum absolute atomic E-state index is 12.7. The summed E-state index contributed by atoms with van der Waals surface area (Å²) in [6.45, 7) is 0. The van der Waals surface area contributed by atoms with Gasteiger partial charge >= 0.3 is 6.18 Å². The van der Waals surface area contributed by atoms with E-state index in [1.54, 1.807) is 12.1 Å². The number of rotatable bonds is 2. The molecule has 1 aromatic carbocycles. The number of alkyl halides is 3. The molecule has 2 N–H and O–H groups in total. The number of anilines is 1. The predicted octanol–water partition coefficient (Wildman–Crippen LogP) is 4.49. The molecule has 2 aromatic rings. The van der Waals surface area contributed by atoms with Gasteiger partial charge in [0.05, 0.1) is 10.6 Å². The average Bonchev–Trinajstić information content (AvgIpc) is 2.33. The van der Waals surface area contributed by atoms with Crippen molar-refractivity contribution in [1.29, 1.82) is 0 Å². The summed E-state index contributed by atoms with van der Waals surface area (Å²) in [5, 5.41) is -0.313. The van der Waals surface area contributed by atoms with Crippen LogP contribution in [0.2, 0.25) is 5.02 Å². The van der Waals surface area contributed by atoms with E-state index in [1.165, 1.54) is 18.3 Å². The van der Waals surface area contributed by atoms with Gasteiger partial charge in [0.25, 0.3) is 0 Å². The number of hydrogen-bond acceptors (Lipinski definition) is 3. The predicted molar refractivity (Wildman–Crippen MR) is 69.2 cm³/mol. The summed E-state index contributed by atoms with van der Waals surface area (Å²) in [5.74, 6) is 0.358. The molecule has 0 radical (unpaired) electrons. The lowest BCUT2D eigenvalue weighted by molar-refractivity contribution is -0.137. The molecule has 2 rings (SSSR count). The summed E-state index contributed by atoms with van der Waals surface area (Å²) in [4.78, 5) is 5.01. The molecule has 2 nitrogen and oxygen atoms in total. The first-order chi connectivity index (χ1) is 8.86. The number of pyridine rings is 1. The fourth-order valence-corrected chi connectivity index (χ4v) is 2.42. The molecule has 0 aliphatic rings. The highest BCUT2D eigenvalue weighted by atomic mass is 35.5. The number of halogens is 4. The highest BCUT2D eigenvalue weighted by molar-refractivity contribution is 7.99. The minimum atomic E-state index is -4.47. The molecule has 0 saturated carbocycles. The number of nitrogens with two attached hydrogens (primary N) is 1. The lowest BCUT2D eigenvalue weighted by Crippen LogP contribution is -2.05. The van der Waals surface area contributed by atoms with Crippen LogP contribution in [0.3, 0.4) is 0 Å². The van der Waals surface area contributed by atoms with Crippen LogP contribution in [0.4, 0.5) is 19.0 Å². The number of hydrogen-bond donors (Lipinski definition) is 1. The Labute approximate surface area is 116 Å². The molecule has 100 valence electrons. The maximum Gasteiger partial charge on any atom is 0.417 e. The highest BCUT2D eigenvalue weighted by Crippen LogP contribution is 2.38. The fourth-order valence-electron chi connectivity index (χ4n) is 1.37. The standard InChI is InChI=1S/C12H8ClF3N2S/c13-10-3-1-7(5-9(10)12(14,15)16)19-8-2-4-11(17)18-6-8/h1-6H,(H2,17,18). The number of benzene rings is 1. The van der Waals surface area contributed by atoms with Crippen molar-refractivity contribution in [2.45, 2.75) is 16.0 Å². The third-order valence-electron chi connectivity index (χ3n) is 2.24. The molecule has 0 aliphatic carbocycles. The van der Waals surface area contributed by atoms with Crippen LogP contribution in [0.15, 0.2) is 46.3 Å². The fraction of sp³-hybridized carbons (Fsp3) is 0.0833. The summed E-state index contributed by atoms with van der Waals surface area (Å²) in [6, 6.07) is 7.05. The zero-order chi connectivity index (χ0) is 14.0. The van der Waals surface area contributed by atoms with E-state index in [9.17, 15) is 13.2 Å². The molecule has 0 aliphatic heterocycles. The molecule has 0 spiro atoms. The van der Waals surface area contributed by atoms with Crippen LogP contribution < -0.4 is 5.73 Å². The Hall–Kier alpha value is -1.40. The summed E-state index contributed by atoms with van der Waals surface area (Å²) in [6.07, 6.45) is -2.96. The van der Waals surface area contributed by atoms with Crippen LogP contribution in [0.1, 0.15) is 5.56 Å². The van der Waals surface area contributed by atoms with Crippen LogP contribution in [0.5, 0.6) is 0 Å². The quantitative estimate of drug-likeness (QED) is 0.888. The molecular formula is C12H8ClF3N2S. The summed E-state index contributed by atoms with van der Waals surface area (Å²) < 4.78 is 38.1. The zero-order valence-corrected chi connectivity index (χ0v) is 11.0. The van der Waals surface area contributed by atoms with Gasteiger partial charge in [0.15, 0.2) is 0 Å². The summed E-state index contributed by atoms with van der Waals surface area (Å²) in [5.41, 5.74) is 4.59. The molecule has 19 heavy (non-hydrogen) atoms. The number of aromatic nitrogens is 1. The first kappa shape index (κ1) is 14.0. The number of nitrogen functional groups attached to an aromatic ring is 1. The van der Waals surface area contributed by atoms with E-state index in [4.69, 9.17) is 17.3 Å². The van der Waals surface area contributed by atoms with Gasteiger partial charge < -0.3 is 5.73 Å². The Morgan fingerprint density at radius 2 is 1.79 bits per heavy atom. The van der Waals surface area contributed by atoms with Gasteiger partial charge in [0, 0.05) is 16.0 Å². The van der Waals surface area contributed by atoms with Crippen LogP contribution in [-0.2, 0) is 6.18 Å². The third kappa shape index (κ3) is 3.54. The highest BCUT2D eigenvalue weighted by Gasteiger charge is 2.33. The molecule has 0 fully saturated rings. The van der Waals surface area contributed by atoms with Crippen molar-refractivity contribution < 1.29 is 13.2 Å². The monoisotopic (exact) mass is 304 g/mol. The van der Waals surface area contributed by atoms with Crippen molar-refractivity contribution in [2.75, 3.05) is 5.73 Å². The van der Waals surface area contributed by atoms with Gasteiger partial charge in [-0.3, -0.25) is 0 Å². The SMILES string of the molecule is Nc1ccc(Sc2ccc(Cl)c(C(F)(F)F)c2)cn1. The van der Waals surface area contributed by atoms with Crippen LogP contribution >= 0.6 is 23.4 Å². The lowest BCUT2D eigenvalue weighted by atomic mass is 10.2. The Kier molecular flexibility index (Phi) is 3.91. The average molecular weight is 305 g/mol. The van der Waals surface area contributed by atoms with Crippen LogP contribution in [-0.4, -0.2) is 4.98 Å². The Morgan fingerprint density at radius 3 is 2.37 bits per heavy atom. The van der Waals surface area contributed by atoms with Gasteiger partial charge in [-0.05, 0) is 30.3 Å². The summed E-state index contributed by atoms with van der Waals surface area (Å²) >= 11 is 6.71. The van der Waals surface area contributed by atoms with E-state index in [0.717, 1.165) is 17.8 Å². The molecule has 0 unspecified atom stereocenters. The molecule has 0 saturated heterocycles. The molecule has 0 amide bonds. The normalized spacial score (nSPS) is 11.6. The van der Waals surface area contributed by atoms with Crippen molar-refractivity contribution in [3.8, 4) is 0 Å². The molecule has 1 heterocycles. The maximum atomic E-state index is 12.7. The lowest BCUT2D eigenvalue weighted by Gasteiger charge is -2.10. The van der Waals surface area contributed by atoms with Crippen molar-refractivity contribution >= 4 is 29.2 Å². The zero-order valence-electron chi connectivity index (χ0n) is 9.41. The smallest absolute Gasteiger partial charge is 0.384 e. The summed E-state index contributed by atoms with van der Waals surface area (Å²) in [7, 11) is 0. The second kappa shape index (κ2) is 5.30. The Balaban J connectivity index is 2.29. The van der Waals surface area contributed by atoms with E-state index >= 15 is 0 Å². The van der Waals surface area contributed by atoms with Gasteiger partial charge in [-0.15, -0.1) is 0 Å². The molecule has 1 aromatic heterocycles. The van der Waals surface area contributed by atoms with E-state index < -0.39 is 11.7 Å². The van der Waals surface area contributed by atoms with E-state index in [2.05, 4.69) is 4.98 Å². The molecule has 7 heteroatoms. The minimum Gasteiger partial charge on any atom is -0.384 e. The largest absolute Gasteiger partial charge is 0.417 e. The van der Waals surface area contributed by atoms with Gasteiger partial charge in [0.2, 0.25) is 0 Å². The van der Waals surface area contributed by atoms with E-state index in [1.807, 2.05) is 0 Å². The first-order valence-electron chi connectivity index (χ1n) is 5.12. The van der Waals surface area contributed by atoms with E-state index in [0.29, 0.717) is 15.6 Å². The number of nitrogens with zero attached hydrogens (tertiary/aromatic N) is 1. The molecular weight excluding hydrogens is 297 g/mol. The van der Waals surface area contributed by atoms with Crippen molar-refractivity contribution in [3.05, 3.63) is 47.1 Å². The van der Waals surface area contributed by atoms with Crippen molar-refractivity contribution in [3.63, 3.8) is 0 Å². The van der Waals surface area contributed by atoms with Gasteiger partial charge in [-0.2, -0.15) is 13.2 Å². The minimum absolute atomic E-state index is 0.313. The third-order valence-corrected chi connectivity index (χ3v) is 3.53.